The maximum atomic E-state index is 10.9. The average molecular weight is 261 g/mol. The van der Waals surface area contributed by atoms with Crippen LogP contribution in [0.25, 0.3) is 22.5 Å². The van der Waals surface area contributed by atoms with Gasteiger partial charge in [-0.1, -0.05) is 60.7 Å². The van der Waals surface area contributed by atoms with E-state index in [0.29, 0.717) is 17.7 Å². The molecule has 0 atom stereocenters. The molecule has 0 fully saturated rings. The summed E-state index contributed by atoms with van der Waals surface area (Å²) in [4.78, 5) is 15.2. The fraction of sp³-hybridized carbons (Fsp3) is 0. The number of benzene rings is 2. The number of hydrogen-bond donors (Lipinski definition) is 0. The van der Waals surface area contributed by atoms with E-state index >= 15 is 0 Å². The van der Waals surface area contributed by atoms with Crippen molar-refractivity contribution < 1.29 is 4.79 Å². The molecule has 0 aliphatic rings. The second-order valence-corrected chi connectivity index (χ2v) is 4.22. The van der Waals surface area contributed by atoms with Crippen molar-refractivity contribution in [1.29, 1.82) is 0 Å². The van der Waals surface area contributed by atoms with Gasteiger partial charge in [-0.25, -0.2) is 4.98 Å². The van der Waals surface area contributed by atoms with Gasteiger partial charge >= 0.3 is 0 Å². The van der Waals surface area contributed by atoms with E-state index in [-0.39, 0.29) is 5.82 Å². The Labute approximate surface area is 116 Å². The fourth-order valence-electron chi connectivity index (χ4n) is 1.98. The number of aldehydes is 1. The van der Waals surface area contributed by atoms with Crippen molar-refractivity contribution >= 4 is 6.29 Å². The standard InChI is InChI=1S/C16H11N3O/c20-11-14-17-15(12-7-3-1-4-8-12)16(19-18-14)13-9-5-2-6-10-13/h1-11H. The summed E-state index contributed by atoms with van der Waals surface area (Å²) < 4.78 is 0. The van der Waals surface area contributed by atoms with Gasteiger partial charge in [-0.05, 0) is 0 Å². The van der Waals surface area contributed by atoms with Crippen LogP contribution in [0.15, 0.2) is 60.7 Å². The predicted octanol–water partition coefficient (Wildman–Crippen LogP) is 3.02. The lowest BCUT2D eigenvalue weighted by Gasteiger charge is -2.07. The molecule has 0 saturated heterocycles. The normalized spacial score (nSPS) is 10.2. The first kappa shape index (κ1) is 12.2. The molecule has 0 N–H and O–H groups in total. The van der Waals surface area contributed by atoms with Crippen LogP contribution in [0.5, 0.6) is 0 Å². The minimum Gasteiger partial charge on any atom is -0.294 e. The van der Waals surface area contributed by atoms with E-state index in [9.17, 15) is 4.79 Å². The van der Waals surface area contributed by atoms with Gasteiger partial charge in [0.1, 0.15) is 11.4 Å². The van der Waals surface area contributed by atoms with Crippen LogP contribution >= 0.6 is 0 Å². The Morgan fingerprint density at radius 1 is 0.700 bits per heavy atom. The molecule has 3 rings (SSSR count). The van der Waals surface area contributed by atoms with Crippen molar-refractivity contribution in [2.75, 3.05) is 0 Å². The lowest BCUT2D eigenvalue weighted by atomic mass is 10.0. The van der Waals surface area contributed by atoms with Gasteiger partial charge in [-0.15, -0.1) is 10.2 Å². The van der Waals surface area contributed by atoms with Crippen LogP contribution in [0.2, 0.25) is 0 Å². The molecule has 4 heteroatoms. The lowest BCUT2D eigenvalue weighted by Crippen LogP contribution is -2.01. The van der Waals surface area contributed by atoms with Gasteiger partial charge in [0, 0.05) is 11.1 Å². The highest BCUT2D eigenvalue weighted by molar-refractivity contribution is 5.79. The Bertz CT molecular complexity index is 727. The summed E-state index contributed by atoms with van der Waals surface area (Å²) in [6, 6.07) is 19.3. The Balaban J connectivity index is 2.23. The average Bonchev–Trinajstić information content (AvgIpc) is 2.56. The van der Waals surface area contributed by atoms with Crippen LogP contribution < -0.4 is 0 Å². The third-order valence-corrected chi connectivity index (χ3v) is 2.90. The molecule has 1 heterocycles. The molecular formula is C16H11N3O. The first-order chi connectivity index (χ1) is 9.88. The molecule has 0 saturated carbocycles. The summed E-state index contributed by atoms with van der Waals surface area (Å²) >= 11 is 0. The molecule has 20 heavy (non-hydrogen) atoms. The smallest absolute Gasteiger partial charge is 0.215 e. The van der Waals surface area contributed by atoms with Gasteiger partial charge in [0.05, 0.1) is 0 Å². The summed E-state index contributed by atoms with van der Waals surface area (Å²) in [6.45, 7) is 0. The van der Waals surface area contributed by atoms with Crippen molar-refractivity contribution in [3.05, 3.63) is 66.5 Å². The number of carbonyl (C=O) groups is 1. The van der Waals surface area contributed by atoms with Crippen LogP contribution in [-0.4, -0.2) is 21.5 Å². The minimum atomic E-state index is 0.0866. The maximum Gasteiger partial charge on any atom is 0.215 e. The second kappa shape index (κ2) is 5.40. The fourth-order valence-corrected chi connectivity index (χ4v) is 1.98. The van der Waals surface area contributed by atoms with E-state index in [1.54, 1.807) is 0 Å². The van der Waals surface area contributed by atoms with Gasteiger partial charge in [-0.3, -0.25) is 4.79 Å². The molecule has 0 aliphatic heterocycles. The van der Waals surface area contributed by atoms with E-state index < -0.39 is 0 Å². The molecule has 0 spiro atoms. The molecular weight excluding hydrogens is 250 g/mol. The van der Waals surface area contributed by atoms with E-state index in [4.69, 9.17) is 0 Å². The molecule has 0 unspecified atom stereocenters. The van der Waals surface area contributed by atoms with Gasteiger partial charge in [0.15, 0.2) is 6.29 Å². The quantitative estimate of drug-likeness (QED) is 0.680. The van der Waals surface area contributed by atoms with Crippen LogP contribution in [-0.2, 0) is 0 Å². The Kier molecular flexibility index (Phi) is 3.29. The first-order valence-electron chi connectivity index (χ1n) is 6.19. The monoisotopic (exact) mass is 261 g/mol. The Morgan fingerprint density at radius 3 is 1.80 bits per heavy atom. The number of carbonyl (C=O) groups excluding carboxylic acids is 1. The molecule has 0 bridgehead atoms. The van der Waals surface area contributed by atoms with Gasteiger partial charge in [-0.2, -0.15) is 0 Å². The zero-order valence-electron chi connectivity index (χ0n) is 10.6. The molecule has 1 aromatic heterocycles. The largest absolute Gasteiger partial charge is 0.294 e. The summed E-state index contributed by atoms with van der Waals surface area (Å²) in [7, 11) is 0. The first-order valence-corrected chi connectivity index (χ1v) is 6.19. The molecule has 96 valence electrons. The van der Waals surface area contributed by atoms with E-state index in [1.165, 1.54) is 0 Å². The van der Waals surface area contributed by atoms with E-state index in [0.717, 1.165) is 11.1 Å². The molecule has 0 amide bonds. The second-order valence-electron chi connectivity index (χ2n) is 4.22. The SMILES string of the molecule is O=Cc1nnc(-c2ccccc2)c(-c2ccccc2)n1. The van der Waals surface area contributed by atoms with Crippen molar-refractivity contribution in [2.45, 2.75) is 0 Å². The highest BCUT2D eigenvalue weighted by Gasteiger charge is 2.12. The number of rotatable bonds is 3. The number of nitrogens with zero attached hydrogens (tertiary/aromatic N) is 3. The van der Waals surface area contributed by atoms with Crippen molar-refractivity contribution in [3.63, 3.8) is 0 Å². The van der Waals surface area contributed by atoms with Crippen molar-refractivity contribution in [2.24, 2.45) is 0 Å². The van der Waals surface area contributed by atoms with Crippen LogP contribution in [0.1, 0.15) is 10.6 Å². The van der Waals surface area contributed by atoms with Crippen LogP contribution in [0.4, 0.5) is 0 Å². The minimum absolute atomic E-state index is 0.0866. The zero-order chi connectivity index (χ0) is 13.8. The Morgan fingerprint density at radius 2 is 1.25 bits per heavy atom. The summed E-state index contributed by atoms with van der Waals surface area (Å²) in [5.41, 5.74) is 3.16. The highest BCUT2D eigenvalue weighted by Crippen LogP contribution is 2.27. The lowest BCUT2D eigenvalue weighted by molar-refractivity contribution is 0.111. The zero-order valence-corrected chi connectivity index (χ0v) is 10.6. The highest BCUT2D eigenvalue weighted by atomic mass is 16.1. The van der Waals surface area contributed by atoms with Gasteiger partial charge in [0.25, 0.3) is 0 Å². The van der Waals surface area contributed by atoms with Gasteiger partial charge in [0.2, 0.25) is 5.82 Å². The third kappa shape index (κ3) is 2.31. The van der Waals surface area contributed by atoms with Crippen LogP contribution in [0.3, 0.4) is 0 Å². The number of hydrogen-bond acceptors (Lipinski definition) is 4. The Hall–Kier alpha value is -2.88. The molecule has 0 aliphatic carbocycles. The maximum absolute atomic E-state index is 10.9. The molecule has 4 nitrogen and oxygen atoms in total. The topological polar surface area (TPSA) is 55.7 Å². The number of aromatic nitrogens is 3. The molecule has 3 aromatic rings. The third-order valence-electron chi connectivity index (χ3n) is 2.90. The predicted molar refractivity (Wildman–Crippen MR) is 76.1 cm³/mol. The molecule has 2 aromatic carbocycles. The summed E-state index contributed by atoms with van der Waals surface area (Å²) in [5, 5.41) is 7.98. The van der Waals surface area contributed by atoms with Crippen LogP contribution in [0, 0.1) is 0 Å². The summed E-state index contributed by atoms with van der Waals surface area (Å²) in [5.74, 6) is 0.0866. The summed E-state index contributed by atoms with van der Waals surface area (Å²) in [6.07, 6.45) is 0.605. The van der Waals surface area contributed by atoms with Gasteiger partial charge < -0.3 is 0 Å². The van der Waals surface area contributed by atoms with Crippen molar-refractivity contribution in [1.82, 2.24) is 15.2 Å². The van der Waals surface area contributed by atoms with E-state index in [2.05, 4.69) is 15.2 Å². The van der Waals surface area contributed by atoms with E-state index in [1.807, 2.05) is 60.7 Å². The van der Waals surface area contributed by atoms with Crippen molar-refractivity contribution in [3.8, 4) is 22.5 Å². The molecule has 0 radical (unpaired) electrons.